The molecule has 2 N–H and O–H groups in total. The number of esters is 1. The molecular weight excluding hydrogens is 426 g/mol. The van der Waals surface area contributed by atoms with Crippen molar-refractivity contribution in [2.75, 3.05) is 6.61 Å². The third-order valence-electron chi connectivity index (χ3n) is 5.95. The second kappa shape index (κ2) is 20.1. The van der Waals surface area contributed by atoms with E-state index < -0.39 is 12.0 Å². The first kappa shape index (κ1) is 29.7. The van der Waals surface area contributed by atoms with Crippen LogP contribution in [0.3, 0.4) is 0 Å². The number of carbonyl (C=O) groups is 2. The van der Waals surface area contributed by atoms with Gasteiger partial charge in [-0.05, 0) is 56.7 Å². The number of carbonyl (C=O) groups excluding carboxylic acids is 2. The van der Waals surface area contributed by atoms with Crippen molar-refractivity contribution in [1.82, 2.24) is 5.32 Å². The van der Waals surface area contributed by atoms with Crippen molar-refractivity contribution in [3.63, 3.8) is 0 Å². The van der Waals surface area contributed by atoms with Gasteiger partial charge in [-0.3, -0.25) is 4.79 Å². The lowest BCUT2D eigenvalue weighted by molar-refractivity contribution is -0.147. The van der Waals surface area contributed by atoms with Crippen LogP contribution in [-0.2, 0) is 20.7 Å². The highest BCUT2D eigenvalue weighted by molar-refractivity contribution is 5.84. The molecule has 0 radical (unpaired) electrons. The normalized spacial score (nSPS) is 12.1. The fraction of sp³-hybridized carbons (Fsp3) is 0.655. The predicted molar refractivity (Wildman–Crippen MR) is 140 cm³/mol. The van der Waals surface area contributed by atoms with Crippen LogP contribution in [0.2, 0.25) is 0 Å². The number of rotatable bonds is 20. The lowest BCUT2D eigenvalue weighted by atomic mass is 10.0. The fourth-order valence-electron chi connectivity index (χ4n) is 3.93. The van der Waals surface area contributed by atoms with E-state index in [1.807, 2.05) is 0 Å². The molecule has 0 spiro atoms. The third-order valence-corrected chi connectivity index (χ3v) is 5.95. The number of amides is 1. The average molecular weight is 474 g/mol. The number of hydrogen-bond acceptors (Lipinski definition) is 4. The maximum absolute atomic E-state index is 12.4. The van der Waals surface area contributed by atoms with Crippen molar-refractivity contribution in [3.05, 3.63) is 42.0 Å². The molecule has 0 unspecified atom stereocenters. The Kier molecular flexibility index (Phi) is 17.6. The molecule has 0 saturated carbocycles. The largest absolute Gasteiger partial charge is 0.508 e. The summed E-state index contributed by atoms with van der Waals surface area (Å²) in [6, 6.07) is 5.94. The predicted octanol–water partition coefficient (Wildman–Crippen LogP) is 7.02. The first-order valence-electron chi connectivity index (χ1n) is 13.5. The Morgan fingerprint density at radius 2 is 1.41 bits per heavy atom. The van der Waals surface area contributed by atoms with Gasteiger partial charge in [0.15, 0.2) is 0 Å². The topological polar surface area (TPSA) is 75.6 Å². The summed E-state index contributed by atoms with van der Waals surface area (Å²) in [6.45, 7) is 4.28. The van der Waals surface area contributed by atoms with Gasteiger partial charge in [0.25, 0.3) is 0 Å². The Bertz CT molecular complexity index is 684. The summed E-state index contributed by atoms with van der Waals surface area (Å²) in [5.41, 5.74) is 0.858. The summed E-state index contributed by atoms with van der Waals surface area (Å²) in [7, 11) is 0. The van der Waals surface area contributed by atoms with E-state index in [1.165, 1.54) is 57.8 Å². The second-order valence-electron chi connectivity index (χ2n) is 9.08. The van der Waals surface area contributed by atoms with Gasteiger partial charge in [0.05, 0.1) is 6.61 Å². The Balaban J connectivity index is 2.13. The van der Waals surface area contributed by atoms with Crippen LogP contribution in [0.5, 0.6) is 5.75 Å². The average Bonchev–Trinajstić information content (AvgIpc) is 2.82. The summed E-state index contributed by atoms with van der Waals surface area (Å²) in [5, 5.41) is 12.3. The van der Waals surface area contributed by atoms with Gasteiger partial charge in [-0.15, -0.1) is 0 Å². The summed E-state index contributed by atoms with van der Waals surface area (Å²) in [4.78, 5) is 24.6. The molecule has 0 saturated heterocycles. The number of phenols is 1. The molecule has 1 amide bonds. The van der Waals surface area contributed by atoms with E-state index in [0.29, 0.717) is 12.8 Å². The first-order valence-corrected chi connectivity index (χ1v) is 13.5. The number of unbranched alkanes of at least 4 members (excludes halogenated alkanes) is 11. The summed E-state index contributed by atoms with van der Waals surface area (Å²) >= 11 is 0. The minimum atomic E-state index is -0.708. The number of hydrogen-bond donors (Lipinski definition) is 2. The van der Waals surface area contributed by atoms with Crippen LogP contribution in [0.25, 0.3) is 0 Å². The summed E-state index contributed by atoms with van der Waals surface area (Å²) in [6.07, 6.45) is 21.3. The van der Waals surface area contributed by atoms with E-state index in [-0.39, 0.29) is 18.3 Å². The number of benzene rings is 1. The van der Waals surface area contributed by atoms with Gasteiger partial charge < -0.3 is 15.2 Å². The monoisotopic (exact) mass is 473 g/mol. The summed E-state index contributed by atoms with van der Waals surface area (Å²) < 4.78 is 5.12. The molecule has 0 heterocycles. The van der Waals surface area contributed by atoms with Gasteiger partial charge in [0.1, 0.15) is 11.8 Å². The molecule has 0 aromatic heterocycles. The quantitative estimate of drug-likeness (QED) is 0.121. The van der Waals surface area contributed by atoms with Gasteiger partial charge in [-0.2, -0.15) is 0 Å². The van der Waals surface area contributed by atoms with Gasteiger partial charge in [-0.25, -0.2) is 4.79 Å². The van der Waals surface area contributed by atoms with Crippen molar-refractivity contribution in [3.8, 4) is 5.75 Å². The minimum Gasteiger partial charge on any atom is -0.508 e. The van der Waals surface area contributed by atoms with Gasteiger partial charge >= 0.3 is 5.97 Å². The number of nitrogens with one attached hydrogen (secondary N) is 1. The van der Waals surface area contributed by atoms with Crippen molar-refractivity contribution < 1.29 is 19.4 Å². The lowest BCUT2D eigenvalue weighted by Gasteiger charge is -2.17. The molecule has 34 heavy (non-hydrogen) atoms. The van der Waals surface area contributed by atoms with E-state index in [0.717, 1.165) is 31.2 Å². The molecular formula is C29H47NO4. The first-order chi connectivity index (χ1) is 16.6. The Morgan fingerprint density at radius 3 is 2.00 bits per heavy atom. The number of phenolic OH excluding ortho intramolecular Hbond substituents is 1. The van der Waals surface area contributed by atoms with Crippen LogP contribution in [0.15, 0.2) is 36.4 Å². The van der Waals surface area contributed by atoms with Crippen LogP contribution < -0.4 is 5.32 Å². The molecule has 0 aliphatic carbocycles. The number of aromatic hydroxyl groups is 1. The third kappa shape index (κ3) is 15.5. The molecule has 5 nitrogen and oxygen atoms in total. The van der Waals surface area contributed by atoms with E-state index in [1.54, 1.807) is 31.2 Å². The molecule has 0 aliphatic heterocycles. The van der Waals surface area contributed by atoms with E-state index >= 15 is 0 Å². The van der Waals surface area contributed by atoms with E-state index in [2.05, 4.69) is 24.4 Å². The molecule has 192 valence electrons. The zero-order valence-electron chi connectivity index (χ0n) is 21.5. The highest BCUT2D eigenvalue weighted by atomic mass is 16.5. The highest BCUT2D eigenvalue weighted by Gasteiger charge is 2.22. The van der Waals surface area contributed by atoms with Gasteiger partial charge in [-0.1, -0.05) is 82.6 Å². The summed E-state index contributed by atoms with van der Waals surface area (Å²) in [5.74, 6) is -0.368. The maximum Gasteiger partial charge on any atom is 0.328 e. The molecule has 0 bridgehead atoms. The molecule has 1 atom stereocenters. The number of ether oxygens (including phenoxy) is 1. The van der Waals surface area contributed by atoms with Gasteiger partial charge in [0, 0.05) is 12.8 Å². The Morgan fingerprint density at radius 1 is 0.853 bits per heavy atom. The smallest absolute Gasteiger partial charge is 0.328 e. The lowest BCUT2D eigenvalue weighted by Crippen LogP contribution is -2.43. The Labute approximate surface area is 207 Å². The van der Waals surface area contributed by atoms with Crippen LogP contribution in [0, 0.1) is 0 Å². The van der Waals surface area contributed by atoms with Crippen molar-refractivity contribution in [2.45, 2.75) is 116 Å². The van der Waals surface area contributed by atoms with Gasteiger partial charge in [0.2, 0.25) is 5.91 Å². The van der Waals surface area contributed by atoms with Crippen LogP contribution >= 0.6 is 0 Å². The van der Waals surface area contributed by atoms with Crippen molar-refractivity contribution in [1.29, 1.82) is 0 Å². The van der Waals surface area contributed by atoms with Crippen molar-refractivity contribution >= 4 is 11.9 Å². The Hall–Kier alpha value is -2.30. The molecule has 1 rings (SSSR count). The highest BCUT2D eigenvalue weighted by Crippen LogP contribution is 2.13. The molecule has 5 heteroatoms. The maximum atomic E-state index is 12.4. The second-order valence-corrected chi connectivity index (χ2v) is 9.08. The van der Waals surface area contributed by atoms with Crippen molar-refractivity contribution in [2.24, 2.45) is 0 Å². The zero-order valence-corrected chi connectivity index (χ0v) is 21.5. The van der Waals surface area contributed by atoms with Crippen LogP contribution in [0.4, 0.5) is 0 Å². The minimum absolute atomic E-state index is 0.116. The molecule has 1 aromatic carbocycles. The molecule has 0 fully saturated rings. The standard InChI is InChI=1S/C29H47NO4/c1-3-5-6-7-8-9-10-11-12-13-14-15-16-17-18-19-28(32)30-27(29(33)34-4-2)24-25-20-22-26(31)23-21-25/h11-12,20-23,27,31H,3-10,13-19,24H2,1-2H3,(H,30,32)/b12-11-/t27-/m0/s1. The van der Waals surface area contributed by atoms with Crippen LogP contribution in [0.1, 0.15) is 109 Å². The molecule has 0 aliphatic rings. The fourth-order valence-corrected chi connectivity index (χ4v) is 3.93. The SMILES string of the molecule is CCCCCCCC/C=C\CCCCCCCC(=O)N[C@@H](Cc1ccc(O)cc1)C(=O)OCC. The van der Waals surface area contributed by atoms with E-state index in [9.17, 15) is 14.7 Å². The van der Waals surface area contributed by atoms with E-state index in [4.69, 9.17) is 4.74 Å². The number of allylic oxidation sites excluding steroid dienone is 2. The zero-order chi connectivity index (χ0) is 24.9. The molecule has 1 aromatic rings. The van der Waals surface area contributed by atoms with Crippen LogP contribution in [-0.4, -0.2) is 29.6 Å².